The Bertz CT molecular complexity index is 418. The van der Waals surface area contributed by atoms with Crippen LogP contribution in [0, 0.1) is 5.92 Å². The highest BCUT2D eigenvalue weighted by Gasteiger charge is 2.34. The fraction of sp³-hybridized carbons (Fsp3) is 0.455. The lowest BCUT2D eigenvalue weighted by molar-refractivity contribution is -0.137. The molecule has 0 spiro atoms. The summed E-state index contributed by atoms with van der Waals surface area (Å²) in [4.78, 5) is 0. The molecule has 0 aliphatic carbocycles. The van der Waals surface area contributed by atoms with Crippen LogP contribution in [0.15, 0.2) is 12.1 Å². The number of benzene rings is 1. The van der Waals surface area contributed by atoms with Gasteiger partial charge in [-0.2, -0.15) is 13.2 Å². The lowest BCUT2D eigenvalue weighted by atomic mass is 9.95. The lowest BCUT2D eigenvalue weighted by Crippen LogP contribution is -2.17. The number of rotatable bonds is 2. The van der Waals surface area contributed by atoms with Crippen LogP contribution in [0.3, 0.4) is 0 Å². The van der Waals surface area contributed by atoms with Crippen molar-refractivity contribution >= 4 is 11.6 Å². The van der Waals surface area contributed by atoms with Crippen LogP contribution in [0.5, 0.6) is 5.75 Å². The van der Waals surface area contributed by atoms with Crippen molar-refractivity contribution in [2.24, 2.45) is 11.7 Å². The molecule has 2 nitrogen and oxygen atoms in total. The predicted octanol–water partition coefficient (Wildman–Crippen LogP) is 3.72. The Morgan fingerprint density at radius 1 is 1.29 bits per heavy atom. The van der Waals surface area contributed by atoms with E-state index in [0.717, 1.165) is 6.07 Å². The normalized spacial score (nSPS) is 14.1. The maximum absolute atomic E-state index is 12.5. The molecule has 96 valence electrons. The molecule has 0 unspecified atom stereocenters. The largest absolute Gasteiger partial charge is 0.508 e. The Hall–Kier alpha value is -0.940. The summed E-state index contributed by atoms with van der Waals surface area (Å²) in [7, 11) is 0. The summed E-state index contributed by atoms with van der Waals surface area (Å²) in [5, 5.41) is 9.10. The topological polar surface area (TPSA) is 46.2 Å². The zero-order chi connectivity index (χ0) is 13.4. The first kappa shape index (κ1) is 14.1. The number of halogens is 4. The first-order valence-electron chi connectivity index (χ1n) is 4.99. The molecule has 1 rings (SSSR count). The zero-order valence-electron chi connectivity index (χ0n) is 9.35. The van der Waals surface area contributed by atoms with Crippen molar-refractivity contribution in [3.63, 3.8) is 0 Å². The minimum Gasteiger partial charge on any atom is -0.508 e. The van der Waals surface area contributed by atoms with Gasteiger partial charge in [-0.1, -0.05) is 25.4 Å². The average molecular weight is 268 g/mol. The molecule has 0 amide bonds. The Kier molecular flexibility index (Phi) is 3.94. The first-order valence-corrected chi connectivity index (χ1v) is 5.37. The van der Waals surface area contributed by atoms with E-state index in [2.05, 4.69) is 0 Å². The lowest BCUT2D eigenvalue weighted by Gasteiger charge is -2.19. The highest BCUT2D eigenvalue weighted by molar-refractivity contribution is 6.31. The molecule has 0 bridgehead atoms. The molecule has 1 atom stereocenters. The Morgan fingerprint density at radius 2 is 1.82 bits per heavy atom. The Morgan fingerprint density at radius 3 is 2.24 bits per heavy atom. The molecular formula is C11H13ClF3NO. The second kappa shape index (κ2) is 4.74. The van der Waals surface area contributed by atoms with Crippen LogP contribution in [-0.2, 0) is 6.18 Å². The first-order chi connectivity index (χ1) is 7.64. The molecule has 0 aliphatic heterocycles. The molecule has 3 N–H and O–H groups in total. The van der Waals surface area contributed by atoms with Crippen LogP contribution in [0.25, 0.3) is 0 Å². The van der Waals surface area contributed by atoms with E-state index in [0.29, 0.717) is 6.07 Å². The molecule has 0 aliphatic rings. The van der Waals surface area contributed by atoms with Gasteiger partial charge in [-0.15, -0.1) is 0 Å². The van der Waals surface area contributed by atoms with Gasteiger partial charge in [0.25, 0.3) is 0 Å². The van der Waals surface area contributed by atoms with E-state index in [1.165, 1.54) is 0 Å². The monoisotopic (exact) mass is 267 g/mol. The van der Waals surface area contributed by atoms with E-state index in [9.17, 15) is 18.3 Å². The fourth-order valence-electron chi connectivity index (χ4n) is 1.42. The quantitative estimate of drug-likeness (QED) is 0.858. The smallest absolute Gasteiger partial charge is 0.417 e. The third-order valence-electron chi connectivity index (χ3n) is 2.50. The maximum Gasteiger partial charge on any atom is 0.417 e. The van der Waals surface area contributed by atoms with Crippen molar-refractivity contribution in [3.05, 3.63) is 28.3 Å². The van der Waals surface area contributed by atoms with Crippen molar-refractivity contribution in [1.82, 2.24) is 0 Å². The van der Waals surface area contributed by atoms with E-state index < -0.39 is 28.6 Å². The minimum atomic E-state index is -4.59. The SMILES string of the molecule is CC(C)[C@H](N)c1cc(Cl)c(C(F)(F)F)cc1O. The van der Waals surface area contributed by atoms with E-state index in [-0.39, 0.29) is 11.5 Å². The molecule has 0 saturated carbocycles. The number of alkyl halides is 3. The number of aromatic hydroxyl groups is 1. The van der Waals surface area contributed by atoms with Crippen LogP contribution < -0.4 is 5.73 Å². The van der Waals surface area contributed by atoms with Gasteiger partial charge >= 0.3 is 6.18 Å². The highest BCUT2D eigenvalue weighted by Crippen LogP contribution is 2.40. The van der Waals surface area contributed by atoms with E-state index in [4.69, 9.17) is 17.3 Å². The van der Waals surface area contributed by atoms with Crippen molar-refractivity contribution < 1.29 is 18.3 Å². The van der Waals surface area contributed by atoms with Crippen molar-refractivity contribution in [2.45, 2.75) is 26.1 Å². The third kappa shape index (κ3) is 3.04. The predicted molar refractivity (Wildman–Crippen MR) is 59.9 cm³/mol. The number of phenolic OH excluding ortho intramolecular Hbond substituents is 1. The van der Waals surface area contributed by atoms with Gasteiger partial charge < -0.3 is 10.8 Å². The average Bonchev–Trinajstić information content (AvgIpc) is 2.18. The van der Waals surface area contributed by atoms with Crippen LogP contribution in [0.1, 0.15) is 31.0 Å². The van der Waals surface area contributed by atoms with Crippen molar-refractivity contribution in [2.75, 3.05) is 0 Å². The van der Waals surface area contributed by atoms with Crippen LogP contribution in [-0.4, -0.2) is 5.11 Å². The van der Waals surface area contributed by atoms with Crippen LogP contribution in [0.4, 0.5) is 13.2 Å². The molecule has 0 fully saturated rings. The standard InChI is InChI=1S/C11H13ClF3NO/c1-5(2)10(16)6-3-8(12)7(4-9(6)17)11(13,14)15/h3-5,10,17H,16H2,1-2H3/t10-/m0/s1. The van der Waals surface area contributed by atoms with Gasteiger partial charge in [0.1, 0.15) is 5.75 Å². The summed E-state index contributed by atoms with van der Waals surface area (Å²) >= 11 is 5.55. The van der Waals surface area contributed by atoms with Gasteiger partial charge in [0.2, 0.25) is 0 Å². The maximum atomic E-state index is 12.5. The second-order valence-corrected chi connectivity index (χ2v) is 4.57. The van der Waals surface area contributed by atoms with Crippen LogP contribution in [0.2, 0.25) is 5.02 Å². The summed E-state index contributed by atoms with van der Waals surface area (Å²) in [6, 6.07) is 1.12. The number of hydrogen-bond acceptors (Lipinski definition) is 2. The van der Waals surface area contributed by atoms with Gasteiger partial charge in [0.05, 0.1) is 10.6 Å². The minimum absolute atomic E-state index is 0.0197. The second-order valence-electron chi connectivity index (χ2n) is 4.16. The summed E-state index contributed by atoms with van der Waals surface area (Å²) in [5.41, 5.74) is 4.93. The van der Waals surface area contributed by atoms with E-state index in [1.807, 2.05) is 0 Å². The molecule has 0 radical (unpaired) electrons. The van der Waals surface area contributed by atoms with E-state index in [1.54, 1.807) is 13.8 Å². The molecule has 0 saturated heterocycles. The van der Waals surface area contributed by atoms with Gasteiger partial charge in [0.15, 0.2) is 0 Å². The van der Waals surface area contributed by atoms with Gasteiger partial charge in [-0.25, -0.2) is 0 Å². The Balaban J connectivity index is 3.28. The summed E-state index contributed by atoms with van der Waals surface area (Å²) in [6.07, 6.45) is -4.59. The molecule has 0 aromatic heterocycles. The highest BCUT2D eigenvalue weighted by atomic mass is 35.5. The molecule has 17 heavy (non-hydrogen) atoms. The fourth-order valence-corrected chi connectivity index (χ4v) is 1.70. The number of hydrogen-bond donors (Lipinski definition) is 2. The van der Waals surface area contributed by atoms with Crippen molar-refractivity contribution in [1.29, 1.82) is 0 Å². The zero-order valence-corrected chi connectivity index (χ0v) is 10.1. The van der Waals surface area contributed by atoms with Gasteiger partial charge in [-0.3, -0.25) is 0 Å². The van der Waals surface area contributed by atoms with Gasteiger partial charge in [0, 0.05) is 11.6 Å². The number of nitrogens with two attached hydrogens (primary N) is 1. The molecule has 0 heterocycles. The molecule has 6 heteroatoms. The van der Waals surface area contributed by atoms with Crippen LogP contribution >= 0.6 is 11.6 Å². The number of phenols is 1. The molecular weight excluding hydrogens is 255 g/mol. The van der Waals surface area contributed by atoms with Crippen molar-refractivity contribution in [3.8, 4) is 5.75 Å². The van der Waals surface area contributed by atoms with Gasteiger partial charge in [-0.05, 0) is 18.1 Å². The molecule has 1 aromatic rings. The third-order valence-corrected chi connectivity index (χ3v) is 2.81. The summed E-state index contributed by atoms with van der Waals surface area (Å²) in [6.45, 7) is 3.60. The summed E-state index contributed by atoms with van der Waals surface area (Å²) < 4.78 is 37.5. The Labute approximate surface area is 102 Å². The molecule has 1 aromatic carbocycles. The van der Waals surface area contributed by atoms with E-state index >= 15 is 0 Å². The summed E-state index contributed by atoms with van der Waals surface area (Å²) in [5.74, 6) is -0.503.